The summed E-state index contributed by atoms with van der Waals surface area (Å²) in [6.45, 7) is 5.68. The van der Waals surface area contributed by atoms with Crippen LogP contribution in [-0.4, -0.2) is 25.0 Å². The number of rotatable bonds is 3. The van der Waals surface area contributed by atoms with E-state index in [9.17, 15) is 4.79 Å². The van der Waals surface area contributed by atoms with E-state index >= 15 is 0 Å². The Morgan fingerprint density at radius 3 is 2.77 bits per heavy atom. The Morgan fingerprint density at radius 1 is 1.54 bits per heavy atom. The summed E-state index contributed by atoms with van der Waals surface area (Å²) in [6.07, 6.45) is 3.71. The van der Waals surface area contributed by atoms with E-state index in [0.29, 0.717) is 12.0 Å². The molecule has 1 amide bonds. The summed E-state index contributed by atoms with van der Waals surface area (Å²) in [5, 5.41) is 6.36. The SMILES string of the molecule is CCC1CCC(CNC(C)=O)CN1. The standard InChI is InChI=1S/C10H20N2O/c1-3-10-5-4-9(7-12-10)6-11-8(2)13/h9-10,12H,3-7H2,1-2H3,(H,11,13). The van der Waals surface area contributed by atoms with Gasteiger partial charge in [0.1, 0.15) is 0 Å². The first kappa shape index (κ1) is 10.5. The maximum Gasteiger partial charge on any atom is 0.216 e. The molecule has 0 aromatic rings. The van der Waals surface area contributed by atoms with Crippen LogP contribution in [-0.2, 0) is 4.79 Å². The van der Waals surface area contributed by atoms with Crippen LogP contribution in [0.25, 0.3) is 0 Å². The molecule has 1 saturated heterocycles. The van der Waals surface area contributed by atoms with E-state index in [1.807, 2.05) is 0 Å². The lowest BCUT2D eigenvalue weighted by atomic mass is 9.93. The molecule has 13 heavy (non-hydrogen) atoms. The smallest absolute Gasteiger partial charge is 0.216 e. The van der Waals surface area contributed by atoms with Gasteiger partial charge in [0.2, 0.25) is 5.91 Å². The summed E-state index contributed by atoms with van der Waals surface area (Å²) in [5.41, 5.74) is 0. The monoisotopic (exact) mass is 184 g/mol. The van der Waals surface area contributed by atoms with E-state index in [-0.39, 0.29) is 5.91 Å². The maximum atomic E-state index is 10.7. The summed E-state index contributed by atoms with van der Waals surface area (Å²) >= 11 is 0. The second-order valence-electron chi connectivity index (χ2n) is 3.89. The Morgan fingerprint density at radius 2 is 2.31 bits per heavy atom. The van der Waals surface area contributed by atoms with Crippen molar-refractivity contribution in [3.8, 4) is 0 Å². The van der Waals surface area contributed by atoms with Gasteiger partial charge in [0.15, 0.2) is 0 Å². The van der Waals surface area contributed by atoms with Gasteiger partial charge in [0.25, 0.3) is 0 Å². The molecule has 76 valence electrons. The predicted molar refractivity (Wildman–Crippen MR) is 53.5 cm³/mol. The van der Waals surface area contributed by atoms with E-state index < -0.39 is 0 Å². The number of piperidine rings is 1. The van der Waals surface area contributed by atoms with Crippen molar-refractivity contribution in [3.63, 3.8) is 0 Å². The van der Waals surface area contributed by atoms with Gasteiger partial charge in [-0.15, -0.1) is 0 Å². The molecule has 0 aromatic heterocycles. The molecule has 1 aliphatic heterocycles. The van der Waals surface area contributed by atoms with Gasteiger partial charge in [-0.2, -0.15) is 0 Å². The van der Waals surface area contributed by atoms with Gasteiger partial charge in [0, 0.05) is 19.5 Å². The van der Waals surface area contributed by atoms with Crippen molar-refractivity contribution < 1.29 is 4.79 Å². The third-order valence-electron chi connectivity index (χ3n) is 2.75. The van der Waals surface area contributed by atoms with Crippen molar-refractivity contribution in [2.24, 2.45) is 5.92 Å². The van der Waals surface area contributed by atoms with Crippen LogP contribution in [0, 0.1) is 5.92 Å². The fourth-order valence-corrected chi connectivity index (χ4v) is 1.79. The van der Waals surface area contributed by atoms with Crippen LogP contribution in [0.4, 0.5) is 0 Å². The van der Waals surface area contributed by atoms with Crippen LogP contribution >= 0.6 is 0 Å². The van der Waals surface area contributed by atoms with Gasteiger partial charge in [-0.3, -0.25) is 4.79 Å². The minimum absolute atomic E-state index is 0.0811. The van der Waals surface area contributed by atoms with Crippen molar-refractivity contribution in [2.75, 3.05) is 13.1 Å². The summed E-state index contributed by atoms with van der Waals surface area (Å²) in [4.78, 5) is 10.7. The van der Waals surface area contributed by atoms with Gasteiger partial charge in [-0.25, -0.2) is 0 Å². The lowest BCUT2D eigenvalue weighted by molar-refractivity contribution is -0.119. The largest absolute Gasteiger partial charge is 0.356 e. The summed E-state index contributed by atoms with van der Waals surface area (Å²) in [6, 6.07) is 0.702. The highest BCUT2D eigenvalue weighted by molar-refractivity contribution is 5.72. The predicted octanol–water partition coefficient (Wildman–Crippen LogP) is 0.901. The molecular weight excluding hydrogens is 164 g/mol. The third-order valence-corrected chi connectivity index (χ3v) is 2.75. The first-order valence-corrected chi connectivity index (χ1v) is 5.20. The van der Waals surface area contributed by atoms with Crippen molar-refractivity contribution in [1.29, 1.82) is 0 Å². The summed E-state index contributed by atoms with van der Waals surface area (Å²) < 4.78 is 0. The van der Waals surface area contributed by atoms with Crippen molar-refractivity contribution in [2.45, 2.75) is 39.2 Å². The fourth-order valence-electron chi connectivity index (χ4n) is 1.79. The Balaban J connectivity index is 2.14. The first-order chi connectivity index (χ1) is 6.22. The van der Waals surface area contributed by atoms with Crippen LogP contribution in [0.5, 0.6) is 0 Å². The molecule has 0 spiro atoms. The Hall–Kier alpha value is -0.570. The molecule has 2 N–H and O–H groups in total. The number of nitrogens with one attached hydrogen (secondary N) is 2. The Kier molecular flexibility index (Phi) is 4.22. The number of hydrogen-bond acceptors (Lipinski definition) is 2. The average Bonchev–Trinajstić information content (AvgIpc) is 2.15. The van der Waals surface area contributed by atoms with Crippen LogP contribution in [0.15, 0.2) is 0 Å². The summed E-state index contributed by atoms with van der Waals surface area (Å²) in [5.74, 6) is 0.712. The van der Waals surface area contributed by atoms with Crippen LogP contribution in [0.3, 0.4) is 0 Å². The molecule has 0 aliphatic carbocycles. The molecule has 3 heteroatoms. The minimum atomic E-state index is 0.0811. The normalized spacial score (nSPS) is 28.5. The number of amides is 1. The Labute approximate surface area is 80.3 Å². The summed E-state index contributed by atoms with van der Waals surface area (Å²) in [7, 11) is 0. The van der Waals surface area contributed by atoms with Crippen LogP contribution in [0.1, 0.15) is 33.1 Å². The first-order valence-electron chi connectivity index (χ1n) is 5.20. The lowest BCUT2D eigenvalue weighted by Gasteiger charge is -2.29. The van der Waals surface area contributed by atoms with Crippen molar-refractivity contribution >= 4 is 5.91 Å². The maximum absolute atomic E-state index is 10.7. The van der Waals surface area contributed by atoms with Gasteiger partial charge < -0.3 is 10.6 Å². The van der Waals surface area contributed by atoms with E-state index in [1.165, 1.54) is 19.3 Å². The molecular formula is C10H20N2O. The molecule has 1 aliphatic rings. The van der Waals surface area contributed by atoms with Gasteiger partial charge in [-0.05, 0) is 31.7 Å². The van der Waals surface area contributed by atoms with Crippen LogP contribution < -0.4 is 10.6 Å². The second-order valence-corrected chi connectivity index (χ2v) is 3.89. The van der Waals surface area contributed by atoms with E-state index in [0.717, 1.165) is 13.1 Å². The van der Waals surface area contributed by atoms with Gasteiger partial charge >= 0.3 is 0 Å². The average molecular weight is 184 g/mol. The third kappa shape index (κ3) is 3.77. The molecule has 1 heterocycles. The zero-order valence-corrected chi connectivity index (χ0v) is 8.60. The Bertz CT molecular complexity index is 162. The van der Waals surface area contributed by atoms with Crippen molar-refractivity contribution in [3.05, 3.63) is 0 Å². The van der Waals surface area contributed by atoms with Gasteiger partial charge in [-0.1, -0.05) is 6.92 Å². The molecule has 0 radical (unpaired) electrons. The molecule has 0 bridgehead atoms. The molecule has 3 nitrogen and oxygen atoms in total. The second kappa shape index (κ2) is 5.22. The lowest BCUT2D eigenvalue weighted by Crippen LogP contribution is -2.42. The molecule has 1 rings (SSSR count). The number of carbonyl (C=O) groups excluding carboxylic acids is 1. The zero-order valence-electron chi connectivity index (χ0n) is 8.60. The highest BCUT2D eigenvalue weighted by atomic mass is 16.1. The minimum Gasteiger partial charge on any atom is -0.356 e. The molecule has 2 atom stereocenters. The zero-order chi connectivity index (χ0) is 9.68. The number of carbonyl (C=O) groups is 1. The number of hydrogen-bond donors (Lipinski definition) is 2. The molecule has 0 aromatic carbocycles. The topological polar surface area (TPSA) is 41.1 Å². The fraction of sp³-hybridized carbons (Fsp3) is 0.900. The van der Waals surface area contributed by atoms with E-state index in [2.05, 4.69) is 17.6 Å². The molecule has 0 saturated carbocycles. The van der Waals surface area contributed by atoms with E-state index in [4.69, 9.17) is 0 Å². The van der Waals surface area contributed by atoms with E-state index in [1.54, 1.807) is 6.92 Å². The highest BCUT2D eigenvalue weighted by Crippen LogP contribution is 2.15. The molecule has 2 unspecified atom stereocenters. The van der Waals surface area contributed by atoms with Crippen molar-refractivity contribution in [1.82, 2.24) is 10.6 Å². The molecule has 1 fully saturated rings. The quantitative estimate of drug-likeness (QED) is 0.684. The highest BCUT2D eigenvalue weighted by Gasteiger charge is 2.18. The van der Waals surface area contributed by atoms with Gasteiger partial charge in [0.05, 0.1) is 0 Å². The van der Waals surface area contributed by atoms with Crippen LogP contribution in [0.2, 0.25) is 0 Å².